The van der Waals surface area contributed by atoms with Crippen molar-refractivity contribution in [1.29, 1.82) is 5.39 Å². The summed E-state index contributed by atoms with van der Waals surface area (Å²) in [6, 6.07) is 13.5. The van der Waals surface area contributed by atoms with Gasteiger partial charge in [-0.25, -0.2) is 0 Å². The van der Waals surface area contributed by atoms with Crippen molar-refractivity contribution in [2.45, 2.75) is 11.8 Å². The first-order chi connectivity index (χ1) is 11.4. The minimum absolute atomic E-state index is 0.123. The molecule has 3 aromatic carbocycles. The zero-order valence-electron chi connectivity index (χ0n) is 12.6. The third-order valence-corrected chi connectivity index (χ3v) is 4.86. The Bertz CT molecular complexity index is 1070. The number of diazo groups is 1. The summed E-state index contributed by atoms with van der Waals surface area (Å²) in [5, 5.41) is 21.3. The van der Waals surface area contributed by atoms with Gasteiger partial charge >= 0.3 is 15.8 Å². The van der Waals surface area contributed by atoms with E-state index in [1.165, 1.54) is 30.3 Å². The highest BCUT2D eigenvalue weighted by atomic mass is 32.2. The lowest BCUT2D eigenvalue weighted by atomic mass is 10.1. The van der Waals surface area contributed by atoms with E-state index in [1.54, 1.807) is 24.3 Å². The van der Waals surface area contributed by atoms with E-state index in [4.69, 9.17) is 9.58 Å². The highest BCUT2D eigenvalue weighted by Crippen LogP contribution is 2.35. The van der Waals surface area contributed by atoms with Crippen LogP contribution < -0.4 is 9.29 Å². The molecule has 0 atom stereocenters. The largest absolute Gasteiger partial charge is 0.867 e. The normalized spacial score (nSPS) is 11.2. The Hall–Kier alpha value is -3.11. The van der Waals surface area contributed by atoms with Crippen LogP contribution in [0.2, 0.25) is 0 Å². The number of rotatable bonds is 3. The minimum Gasteiger partial charge on any atom is -0.867 e. The van der Waals surface area contributed by atoms with Crippen LogP contribution in [0.1, 0.15) is 5.56 Å². The van der Waals surface area contributed by atoms with Crippen LogP contribution in [0.15, 0.2) is 59.5 Å². The zero-order chi connectivity index (χ0) is 17.3. The number of fused-ring (bicyclic) bond motifs is 1. The van der Waals surface area contributed by atoms with Crippen LogP contribution in [0.25, 0.3) is 15.7 Å². The molecule has 3 aromatic rings. The first kappa shape index (κ1) is 15.8. The molecular formula is C17H12N2O4S. The topological polar surface area (TPSA) is 94.6 Å². The van der Waals surface area contributed by atoms with E-state index >= 15 is 0 Å². The van der Waals surface area contributed by atoms with Gasteiger partial charge in [0.2, 0.25) is 5.39 Å². The molecule has 0 radical (unpaired) electrons. The molecule has 0 aliphatic heterocycles. The van der Waals surface area contributed by atoms with Crippen LogP contribution in [0.3, 0.4) is 0 Å². The summed E-state index contributed by atoms with van der Waals surface area (Å²) in [5.74, 6) is -0.371. The summed E-state index contributed by atoms with van der Waals surface area (Å²) in [4.78, 5) is 2.77. The van der Waals surface area contributed by atoms with Crippen molar-refractivity contribution in [3.63, 3.8) is 0 Å². The lowest BCUT2D eigenvalue weighted by Gasteiger charge is -2.12. The van der Waals surface area contributed by atoms with Crippen molar-refractivity contribution in [1.82, 2.24) is 0 Å². The second-order valence-corrected chi connectivity index (χ2v) is 6.73. The van der Waals surface area contributed by atoms with Crippen LogP contribution in [0, 0.1) is 12.3 Å². The monoisotopic (exact) mass is 340 g/mol. The van der Waals surface area contributed by atoms with E-state index in [9.17, 15) is 13.5 Å². The minimum atomic E-state index is -4.12. The molecule has 24 heavy (non-hydrogen) atoms. The van der Waals surface area contributed by atoms with Crippen LogP contribution in [0.5, 0.6) is 11.5 Å². The third-order valence-electron chi connectivity index (χ3n) is 3.56. The summed E-state index contributed by atoms with van der Waals surface area (Å²) >= 11 is 0. The van der Waals surface area contributed by atoms with Gasteiger partial charge in [0.05, 0.1) is 0 Å². The third kappa shape index (κ3) is 2.75. The van der Waals surface area contributed by atoms with Crippen LogP contribution in [-0.4, -0.2) is 8.42 Å². The number of nitrogens with zero attached hydrogens (tertiary/aromatic N) is 2. The standard InChI is InChI=1S/C17H12N2O4S/c1-11-5-7-12(8-6-11)23-24(21,22)16-4-2-3-14-13(16)9-10-15(19-18)17(14)20/h2-10H,1H3. The molecule has 0 aliphatic carbocycles. The van der Waals surface area contributed by atoms with Gasteiger partial charge in [-0.1, -0.05) is 29.8 Å². The van der Waals surface area contributed by atoms with E-state index in [0.29, 0.717) is 0 Å². The molecule has 7 heteroatoms. The molecule has 6 nitrogen and oxygen atoms in total. The lowest BCUT2D eigenvalue weighted by Crippen LogP contribution is -2.10. The Labute approximate surface area is 138 Å². The quantitative estimate of drug-likeness (QED) is 0.537. The molecule has 0 bridgehead atoms. The average molecular weight is 340 g/mol. The molecule has 0 aromatic heterocycles. The van der Waals surface area contributed by atoms with Crippen LogP contribution in [-0.2, 0) is 10.1 Å². The fourth-order valence-corrected chi connectivity index (χ4v) is 3.50. The zero-order valence-corrected chi connectivity index (χ0v) is 13.4. The van der Waals surface area contributed by atoms with Crippen molar-refractivity contribution in [3.05, 3.63) is 65.1 Å². The molecule has 0 amide bonds. The van der Waals surface area contributed by atoms with Gasteiger partial charge in [0.15, 0.2) is 4.98 Å². The Morgan fingerprint density at radius 1 is 1.00 bits per heavy atom. The predicted molar refractivity (Wildman–Crippen MR) is 87.1 cm³/mol. The maximum absolute atomic E-state index is 12.6. The van der Waals surface area contributed by atoms with E-state index in [-0.39, 0.29) is 27.1 Å². The first-order valence-corrected chi connectivity index (χ1v) is 8.42. The number of hydrogen-bond acceptors (Lipinski definition) is 5. The fourth-order valence-electron chi connectivity index (χ4n) is 2.35. The smallest absolute Gasteiger partial charge is 0.378 e. The van der Waals surface area contributed by atoms with Gasteiger partial charge in [-0.2, -0.15) is 8.42 Å². The van der Waals surface area contributed by atoms with Crippen molar-refractivity contribution in [2.24, 2.45) is 0 Å². The van der Waals surface area contributed by atoms with E-state index < -0.39 is 15.9 Å². The van der Waals surface area contributed by atoms with Gasteiger partial charge in [-0.3, -0.25) is 0 Å². The Morgan fingerprint density at radius 3 is 2.38 bits per heavy atom. The Kier molecular flexibility index (Phi) is 3.83. The molecule has 3 rings (SSSR count). The second-order valence-electron chi connectivity index (χ2n) is 5.22. The molecule has 0 spiro atoms. The van der Waals surface area contributed by atoms with Crippen LogP contribution >= 0.6 is 0 Å². The van der Waals surface area contributed by atoms with Gasteiger partial charge in [-0.15, -0.1) is 0 Å². The number of benzene rings is 3. The van der Waals surface area contributed by atoms with Gasteiger partial charge in [0, 0.05) is 11.5 Å². The highest BCUT2D eigenvalue weighted by Gasteiger charge is 2.21. The van der Waals surface area contributed by atoms with Crippen molar-refractivity contribution < 1.29 is 17.7 Å². The average Bonchev–Trinajstić information content (AvgIpc) is 2.57. The van der Waals surface area contributed by atoms with Crippen LogP contribution in [0.4, 0.5) is 5.69 Å². The molecule has 0 N–H and O–H groups in total. The molecule has 0 unspecified atom stereocenters. The fraction of sp³-hybridized carbons (Fsp3) is 0.0588. The van der Waals surface area contributed by atoms with Gasteiger partial charge in [0.1, 0.15) is 10.6 Å². The van der Waals surface area contributed by atoms with Gasteiger partial charge < -0.3 is 9.29 Å². The number of hydrogen-bond donors (Lipinski definition) is 0. The summed E-state index contributed by atoms with van der Waals surface area (Å²) in [7, 11) is -4.12. The molecule has 0 saturated carbocycles. The molecule has 0 saturated heterocycles. The van der Waals surface area contributed by atoms with E-state index in [0.717, 1.165) is 5.56 Å². The van der Waals surface area contributed by atoms with Crippen molar-refractivity contribution in [3.8, 4) is 11.5 Å². The summed E-state index contributed by atoms with van der Waals surface area (Å²) in [5.41, 5.74) is 0.817. The molecular weight excluding hydrogens is 328 g/mol. The second kappa shape index (κ2) is 5.83. The van der Waals surface area contributed by atoms with E-state index in [2.05, 4.69) is 4.98 Å². The van der Waals surface area contributed by atoms with E-state index in [1.807, 2.05) is 6.92 Å². The highest BCUT2D eigenvalue weighted by molar-refractivity contribution is 7.87. The van der Waals surface area contributed by atoms with Crippen molar-refractivity contribution in [2.75, 3.05) is 0 Å². The predicted octanol–water partition coefficient (Wildman–Crippen LogP) is 3.47. The summed E-state index contributed by atoms with van der Waals surface area (Å²) < 4.78 is 30.3. The Morgan fingerprint density at radius 2 is 1.71 bits per heavy atom. The molecule has 0 aliphatic rings. The van der Waals surface area contributed by atoms with Crippen molar-refractivity contribution >= 4 is 26.6 Å². The SMILES string of the molecule is Cc1ccc(OS(=O)(=O)c2cccc3c([O-])c([N+]#N)ccc23)cc1. The summed E-state index contributed by atoms with van der Waals surface area (Å²) in [6.07, 6.45) is 0. The summed E-state index contributed by atoms with van der Waals surface area (Å²) in [6.45, 7) is 1.88. The number of aryl methyl sites for hydroxylation is 1. The maximum atomic E-state index is 12.6. The first-order valence-electron chi connectivity index (χ1n) is 7.01. The Balaban J connectivity index is 2.13. The maximum Gasteiger partial charge on any atom is 0.378 e. The molecule has 0 fully saturated rings. The van der Waals surface area contributed by atoms with Gasteiger partial charge in [-0.05, 0) is 42.3 Å². The molecule has 0 heterocycles. The lowest BCUT2D eigenvalue weighted by molar-refractivity contribution is -0.264. The van der Waals surface area contributed by atoms with Gasteiger partial charge in [0.25, 0.3) is 0 Å². The molecule has 120 valence electrons.